The van der Waals surface area contributed by atoms with Gasteiger partial charge in [-0.2, -0.15) is 4.98 Å². The van der Waals surface area contributed by atoms with Crippen LogP contribution in [0.2, 0.25) is 0 Å². The molecule has 2 aromatic carbocycles. The Morgan fingerprint density at radius 3 is 2.59 bits per heavy atom. The Balaban J connectivity index is 1.52. The molecule has 4 aromatic rings. The van der Waals surface area contributed by atoms with E-state index in [-0.39, 0.29) is 12.5 Å². The molecule has 0 aliphatic heterocycles. The number of nitrogens with zero attached hydrogens (tertiary/aromatic N) is 3. The summed E-state index contributed by atoms with van der Waals surface area (Å²) in [6, 6.07) is 14.9. The van der Waals surface area contributed by atoms with Crippen molar-refractivity contribution in [2.75, 3.05) is 19.5 Å². The lowest BCUT2D eigenvalue weighted by atomic mass is 10.1. The summed E-state index contributed by atoms with van der Waals surface area (Å²) in [5.74, 6) is 1.77. The zero-order chi connectivity index (χ0) is 22.7. The van der Waals surface area contributed by atoms with E-state index in [9.17, 15) is 4.79 Å². The van der Waals surface area contributed by atoms with Gasteiger partial charge in [-0.1, -0.05) is 11.2 Å². The second-order valence-electron chi connectivity index (χ2n) is 7.36. The Morgan fingerprint density at radius 2 is 1.84 bits per heavy atom. The van der Waals surface area contributed by atoms with Crippen molar-refractivity contribution in [1.82, 2.24) is 14.7 Å². The van der Waals surface area contributed by atoms with Crippen LogP contribution in [0, 0.1) is 13.8 Å². The fourth-order valence-corrected chi connectivity index (χ4v) is 3.34. The van der Waals surface area contributed by atoms with Crippen molar-refractivity contribution in [2.24, 2.45) is 0 Å². The van der Waals surface area contributed by atoms with E-state index in [1.54, 1.807) is 37.1 Å². The van der Waals surface area contributed by atoms with Gasteiger partial charge in [0.05, 0.1) is 14.2 Å². The smallest absolute Gasteiger partial charge is 0.274 e. The number of hydrogen-bond donors (Lipinski definition) is 1. The number of carbonyl (C=O) groups excluding carboxylic acids is 1. The monoisotopic (exact) mass is 432 g/mol. The first-order chi connectivity index (χ1) is 15.5. The fraction of sp³-hybridized carbons (Fsp3) is 0.208. The third-order valence-electron chi connectivity index (χ3n) is 5.22. The molecule has 0 saturated heterocycles. The highest BCUT2D eigenvalue weighted by Crippen LogP contribution is 2.32. The van der Waals surface area contributed by atoms with Crippen molar-refractivity contribution in [3.05, 3.63) is 65.9 Å². The second kappa shape index (κ2) is 8.97. The van der Waals surface area contributed by atoms with Crippen LogP contribution in [0.1, 0.15) is 11.1 Å². The van der Waals surface area contributed by atoms with Crippen molar-refractivity contribution in [1.29, 1.82) is 0 Å². The van der Waals surface area contributed by atoms with Crippen LogP contribution in [0.5, 0.6) is 11.5 Å². The predicted octanol–water partition coefficient (Wildman–Crippen LogP) is 4.48. The minimum atomic E-state index is -0.148. The molecule has 164 valence electrons. The van der Waals surface area contributed by atoms with Gasteiger partial charge < -0.3 is 23.9 Å². The molecular weight excluding hydrogens is 408 g/mol. The lowest BCUT2D eigenvalue weighted by Gasteiger charge is -2.09. The maximum absolute atomic E-state index is 12.6. The number of rotatable bonds is 7. The minimum absolute atomic E-state index is 0.114. The van der Waals surface area contributed by atoms with E-state index in [1.807, 2.05) is 50.2 Å². The van der Waals surface area contributed by atoms with Gasteiger partial charge in [-0.3, -0.25) is 4.79 Å². The number of methoxy groups -OCH3 is 2. The molecule has 0 saturated carbocycles. The first-order valence-corrected chi connectivity index (χ1v) is 10.1. The van der Waals surface area contributed by atoms with E-state index in [2.05, 4.69) is 15.5 Å². The standard InChI is InChI=1S/C24H24N4O4/c1-15-7-9-18(12-16(15)2)25-22(29)14-28-11-5-6-19(28)24-26-23(27-32-24)17-8-10-20(30-3)21(13-17)31-4/h5-13H,14H2,1-4H3,(H,25,29). The number of nitrogens with one attached hydrogen (secondary N) is 1. The number of amides is 1. The second-order valence-corrected chi connectivity index (χ2v) is 7.36. The third kappa shape index (κ3) is 4.34. The third-order valence-corrected chi connectivity index (χ3v) is 5.22. The first-order valence-electron chi connectivity index (χ1n) is 10.1. The molecule has 0 radical (unpaired) electrons. The Labute approximate surface area is 185 Å². The summed E-state index contributed by atoms with van der Waals surface area (Å²) < 4.78 is 17.9. The molecule has 0 aliphatic rings. The van der Waals surface area contributed by atoms with Crippen LogP contribution in [-0.4, -0.2) is 34.8 Å². The van der Waals surface area contributed by atoms with Crippen molar-refractivity contribution >= 4 is 11.6 Å². The zero-order valence-corrected chi connectivity index (χ0v) is 18.4. The van der Waals surface area contributed by atoms with Crippen LogP contribution in [0.15, 0.2) is 59.3 Å². The molecule has 2 aromatic heterocycles. The van der Waals surface area contributed by atoms with Crippen LogP contribution in [0.25, 0.3) is 23.0 Å². The molecule has 0 aliphatic carbocycles. The maximum atomic E-state index is 12.6. The highest BCUT2D eigenvalue weighted by molar-refractivity contribution is 5.91. The van der Waals surface area contributed by atoms with Gasteiger partial charge in [-0.15, -0.1) is 0 Å². The summed E-state index contributed by atoms with van der Waals surface area (Å²) in [7, 11) is 3.15. The molecule has 2 heterocycles. The van der Waals surface area contributed by atoms with Gasteiger partial charge in [0.25, 0.3) is 5.89 Å². The summed E-state index contributed by atoms with van der Waals surface area (Å²) >= 11 is 0. The number of anilines is 1. The molecule has 8 heteroatoms. The summed E-state index contributed by atoms with van der Waals surface area (Å²) in [6.07, 6.45) is 1.80. The average Bonchev–Trinajstić information content (AvgIpc) is 3.45. The van der Waals surface area contributed by atoms with Crippen LogP contribution < -0.4 is 14.8 Å². The van der Waals surface area contributed by atoms with Crippen molar-refractivity contribution in [2.45, 2.75) is 20.4 Å². The van der Waals surface area contributed by atoms with Gasteiger partial charge in [-0.05, 0) is 67.4 Å². The highest BCUT2D eigenvalue weighted by Gasteiger charge is 2.17. The lowest BCUT2D eigenvalue weighted by Crippen LogP contribution is -2.18. The summed E-state index contributed by atoms with van der Waals surface area (Å²) in [4.78, 5) is 17.1. The number of ether oxygens (including phenoxy) is 2. The minimum Gasteiger partial charge on any atom is -0.493 e. The molecule has 1 N–H and O–H groups in total. The van der Waals surface area contributed by atoms with Crippen molar-refractivity contribution < 1.29 is 18.8 Å². The molecule has 1 amide bonds. The number of carbonyl (C=O) groups is 1. The molecule has 32 heavy (non-hydrogen) atoms. The van der Waals surface area contributed by atoms with E-state index in [1.165, 1.54) is 5.56 Å². The number of hydrogen-bond acceptors (Lipinski definition) is 6. The van der Waals surface area contributed by atoms with Gasteiger partial charge in [0.15, 0.2) is 11.5 Å². The van der Waals surface area contributed by atoms with Crippen molar-refractivity contribution in [3.8, 4) is 34.5 Å². The van der Waals surface area contributed by atoms with Crippen LogP contribution in [0.4, 0.5) is 5.69 Å². The summed E-state index contributed by atoms with van der Waals surface area (Å²) in [5, 5.41) is 7.01. The summed E-state index contributed by atoms with van der Waals surface area (Å²) in [5.41, 5.74) is 4.44. The Kier molecular flexibility index (Phi) is 5.93. The van der Waals surface area contributed by atoms with Gasteiger partial charge >= 0.3 is 0 Å². The largest absolute Gasteiger partial charge is 0.493 e. The molecule has 0 unspecified atom stereocenters. The van der Waals surface area contributed by atoms with E-state index in [0.717, 1.165) is 16.8 Å². The first kappa shape index (κ1) is 21.2. The topological polar surface area (TPSA) is 91.4 Å². The molecule has 0 atom stereocenters. The van der Waals surface area contributed by atoms with Crippen LogP contribution in [-0.2, 0) is 11.3 Å². The van der Waals surface area contributed by atoms with E-state index < -0.39 is 0 Å². The van der Waals surface area contributed by atoms with Crippen molar-refractivity contribution in [3.63, 3.8) is 0 Å². The Hall–Kier alpha value is -4.07. The fourth-order valence-electron chi connectivity index (χ4n) is 3.34. The van der Waals surface area contributed by atoms with Gasteiger partial charge in [-0.25, -0.2) is 0 Å². The highest BCUT2D eigenvalue weighted by atomic mass is 16.5. The molecule has 0 fully saturated rings. The van der Waals surface area contributed by atoms with Gasteiger partial charge in [0, 0.05) is 17.4 Å². The SMILES string of the molecule is COc1ccc(-c2noc(-c3cccn3CC(=O)Nc3ccc(C)c(C)c3)n2)cc1OC. The maximum Gasteiger partial charge on any atom is 0.274 e. The predicted molar refractivity (Wildman–Crippen MR) is 121 cm³/mol. The molecule has 8 nitrogen and oxygen atoms in total. The van der Waals surface area contributed by atoms with E-state index in [0.29, 0.717) is 28.9 Å². The number of aryl methyl sites for hydroxylation is 2. The Bertz CT molecular complexity index is 1260. The molecule has 4 rings (SSSR count). The summed E-state index contributed by atoms with van der Waals surface area (Å²) in [6.45, 7) is 4.16. The average molecular weight is 432 g/mol. The molecular formula is C24H24N4O4. The van der Waals surface area contributed by atoms with Gasteiger partial charge in [0.1, 0.15) is 12.2 Å². The lowest BCUT2D eigenvalue weighted by molar-refractivity contribution is -0.116. The molecule has 0 spiro atoms. The number of aromatic nitrogens is 3. The van der Waals surface area contributed by atoms with E-state index in [4.69, 9.17) is 14.0 Å². The quantitative estimate of drug-likeness (QED) is 0.463. The van der Waals surface area contributed by atoms with E-state index >= 15 is 0 Å². The number of benzene rings is 2. The van der Waals surface area contributed by atoms with Gasteiger partial charge in [0.2, 0.25) is 11.7 Å². The van der Waals surface area contributed by atoms with Crippen LogP contribution in [0.3, 0.4) is 0 Å². The van der Waals surface area contributed by atoms with Crippen LogP contribution >= 0.6 is 0 Å². The normalized spacial score (nSPS) is 10.8. The molecule has 0 bridgehead atoms. The Morgan fingerprint density at radius 1 is 1.03 bits per heavy atom. The zero-order valence-electron chi connectivity index (χ0n) is 18.4.